The maximum atomic E-state index is 13.9. The molecule has 3 aromatic heterocycles. The van der Waals surface area contributed by atoms with Gasteiger partial charge in [-0.05, 0) is 63.9 Å². The molecule has 0 saturated carbocycles. The van der Waals surface area contributed by atoms with E-state index < -0.39 is 21.4 Å². The first-order chi connectivity index (χ1) is 19.1. The van der Waals surface area contributed by atoms with Crippen molar-refractivity contribution in [3.05, 3.63) is 66.0 Å². The van der Waals surface area contributed by atoms with Crippen LogP contribution in [-0.2, 0) is 14.8 Å². The molecule has 0 radical (unpaired) electrons. The molecule has 13 heteroatoms. The van der Waals surface area contributed by atoms with Crippen LogP contribution < -0.4 is 14.2 Å². The average Bonchev–Trinajstić information content (AvgIpc) is 3.33. The zero-order valence-corrected chi connectivity index (χ0v) is 24.3. The van der Waals surface area contributed by atoms with Crippen LogP contribution in [0.25, 0.3) is 17.1 Å². The Balaban J connectivity index is 1.85. The number of rotatable bonds is 11. The van der Waals surface area contributed by atoms with E-state index in [-0.39, 0.29) is 17.9 Å². The molecule has 0 unspecified atom stereocenters. The summed E-state index contributed by atoms with van der Waals surface area (Å²) in [7, 11) is -1.12. The van der Waals surface area contributed by atoms with Gasteiger partial charge in [-0.1, -0.05) is 6.07 Å². The smallest absolute Gasteiger partial charge is 0.243 e. The van der Waals surface area contributed by atoms with Crippen LogP contribution >= 0.6 is 0 Å². The van der Waals surface area contributed by atoms with Gasteiger partial charge in [0.05, 0.1) is 20.3 Å². The first-order valence-corrected chi connectivity index (χ1v) is 14.1. The number of sulfonamides is 1. The topological polar surface area (TPSA) is 143 Å². The normalized spacial score (nSPS) is 13.2. The third kappa shape index (κ3) is 6.05. The Hall–Kier alpha value is -4.10. The number of ether oxygens (including phenoxy) is 3. The van der Waals surface area contributed by atoms with Crippen molar-refractivity contribution in [1.29, 1.82) is 0 Å². The zero-order valence-electron chi connectivity index (χ0n) is 23.5. The fourth-order valence-electron chi connectivity index (χ4n) is 4.09. The highest BCUT2D eigenvalue weighted by Gasteiger charge is 2.36. The number of para-hydroxylation sites is 1. The molecule has 0 aliphatic heterocycles. The minimum Gasteiger partial charge on any atom is -0.494 e. The summed E-state index contributed by atoms with van der Waals surface area (Å²) in [5.74, 6) is 1.37. The quantitative estimate of drug-likeness (QED) is 0.282. The lowest BCUT2D eigenvalue weighted by Gasteiger charge is -2.25. The molecule has 0 bridgehead atoms. The van der Waals surface area contributed by atoms with Gasteiger partial charge in [-0.15, -0.1) is 10.2 Å². The van der Waals surface area contributed by atoms with Crippen molar-refractivity contribution < 1.29 is 22.6 Å². The van der Waals surface area contributed by atoms with Crippen molar-refractivity contribution in [2.24, 2.45) is 0 Å². The van der Waals surface area contributed by atoms with Gasteiger partial charge in [0.1, 0.15) is 28.5 Å². The molecule has 12 nitrogen and oxygen atoms in total. The zero-order chi connectivity index (χ0) is 29.0. The van der Waals surface area contributed by atoms with Gasteiger partial charge < -0.3 is 14.2 Å². The number of anilines is 1. The summed E-state index contributed by atoms with van der Waals surface area (Å²) in [6.45, 7) is 8.92. The molecule has 0 spiro atoms. The number of aryl methyl sites for hydroxylation is 2. The van der Waals surface area contributed by atoms with Gasteiger partial charge in [0.15, 0.2) is 11.6 Å². The third-order valence-corrected chi connectivity index (χ3v) is 7.74. The number of nitrogens with zero attached hydrogens (tertiary/aromatic N) is 6. The number of nitrogens with one attached hydrogen (secondary N) is 1. The maximum absolute atomic E-state index is 13.9. The summed E-state index contributed by atoms with van der Waals surface area (Å²) in [6.07, 6.45) is 5.35. The van der Waals surface area contributed by atoms with Gasteiger partial charge >= 0.3 is 0 Å². The summed E-state index contributed by atoms with van der Waals surface area (Å²) in [5, 5.41) is 7.47. The number of hydrogen-bond acceptors (Lipinski definition) is 10. The molecular weight excluding hydrogens is 534 g/mol. The van der Waals surface area contributed by atoms with Crippen LogP contribution in [0.4, 0.5) is 5.95 Å². The lowest BCUT2D eigenvalue weighted by molar-refractivity contribution is 0.00152. The highest BCUT2D eigenvalue weighted by Crippen LogP contribution is 2.38. The Labute approximate surface area is 233 Å². The second-order valence-electron chi connectivity index (χ2n) is 9.52. The van der Waals surface area contributed by atoms with Crippen molar-refractivity contribution >= 4 is 16.0 Å². The van der Waals surface area contributed by atoms with Gasteiger partial charge in [0.2, 0.25) is 16.0 Å². The molecule has 0 aliphatic rings. The molecule has 2 atom stereocenters. The second-order valence-corrected chi connectivity index (χ2v) is 11.6. The molecule has 1 aromatic carbocycles. The van der Waals surface area contributed by atoms with Crippen molar-refractivity contribution in [2.45, 2.75) is 52.1 Å². The summed E-state index contributed by atoms with van der Waals surface area (Å²) in [4.78, 5) is 12.9. The fourth-order valence-corrected chi connectivity index (χ4v) is 5.17. The molecule has 1 N–H and O–H groups in total. The molecule has 4 aromatic rings. The van der Waals surface area contributed by atoms with Crippen LogP contribution in [0.2, 0.25) is 0 Å². The summed E-state index contributed by atoms with van der Waals surface area (Å²) >= 11 is 0. The number of aromatic nitrogens is 6. The highest BCUT2D eigenvalue weighted by molar-refractivity contribution is 7.93. The predicted molar refractivity (Wildman–Crippen MR) is 150 cm³/mol. The van der Waals surface area contributed by atoms with Crippen LogP contribution in [0.5, 0.6) is 11.5 Å². The molecule has 0 amide bonds. The van der Waals surface area contributed by atoms with Crippen LogP contribution in [0.1, 0.15) is 43.8 Å². The van der Waals surface area contributed by atoms with Crippen LogP contribution in [0, 0.1) is 13.8 Å². The fraction of sp³-hybridized carbons (Fsp3) is 0.370. The third-order valence-electron chi connectivity index (χ3n) is 6.05. The van der Waals surface area contributed by atoms with Crippen LogP contribution in [0.15, 0.2) is 49.1 Å². The van der Waals surface area contributed by atoms with E-state index in [9.17, 15) is 8.42 Å². The minimum absolute atomic E-state index is 0.0701. The van der Waals surface area contributed by atoms with E-state index in [1.807, 2.05) is 33.8 Å². The van der Waals surface area contributed by atoms with Gasteiger partial charge in [-0.3, -0.25) is 14.3 Å². The molecule has 0 fully saturated rings. The molecule has 3 heterocycles. The Bertz CT molecular complexity index is 1550. The molecule has 0 aliphatic carbocycles. The first kappa shape index (κ1) is 28.9. The largest absolute Gasteiger partial charge is 0.494 e. The van der Waals surface area contributed by atoms with Crippen molar-refractivity contribution in [3.63, 3.8) is 0 Å². The maximum Gasteiger partial charge on any atom is 0.243 e. The number of hydrogen-bond donors (Lipinski definition) is 1. The standard InChI is InChI=1S/C27H33N7O5S/c1-16(2)39-24(25-29-13-18(4)14-30-25)19(5)40(35,36)33-27-32-31-26(20-11-17(3)12-28-15-20)34(27)23-21(37-6)9-8-10-22(23)38-7/h8-16,19,24H,1-7H3,(H,32,33)/t19-,24-/m1/s1. The van der Waals surface area contributed by atoms with Crippen molar-refractivity contribution in [3.8, 4) is 28.6 Å². The molecule has 40 heavy (non-hydrogen) atoms. The van der Waals surface area contributed by atoms with E-state index in [0.717, 1.165) is 11.1 Å². The van der Waals surface area contributed by atoms with Crippen LogP contribution in [0.3, 0.4) is 0 Å². The van der Waals surface area contributed by atoms with E-state index in [1.165, 1.54) is 21.1 Å². The highest BCUT2D eigenvalue weighted by atomic mass is 32.2. The number of benzene rings is 1. The second kappa shape index (κ2) is 12.0. The van der Waals surface area contributed by atoms with Crippen LogP contribution in [-0.4, -0.2) is 63.7 Å². The van der Waals surface area contributed by atoms with Gasteiger partial charge in [-0.2, -0.15) is 0 Å². The van der Waals surface area contributed by atoms with Gasteiger partial charge in [-0.25, -0.2) is 18.4 Å². The monoisotopic (exact) mass is 567 g/mol. The Morgan fingerprint density at radius 1 is 0.900 bits per heavy atom. The SMILES string of the molecule is COc1cccc(OC)c1-n1c(NS(=O)(=O)[C@H](C)[C@@H](OC(C)C)c2ncc(C)cn2)nnc1-c1cncc(C)c1. The Morgan fingerprint density at radius 3 is 2.12 bits per heavy atom. The molecule has 0 saturated heterocycles. The van der Waals surface area contributed by atoms with E-state index >= 15 is 0 Å². The average molecular weight is 568 g/mol. The van der Waals surface area contributed by atoms with Gasteiger partial charge in [0.25, 0.3) is 0 Å². The van der Waals surface area contributed by atoms with E-state index in [0.29, 0.717) is 28.6 Å². The lowest BCUT2D eigenvalue weighted by atomic mass is 10.2. The van der Waals surface area contributed by atoms with Crippen molar-refractivity contribution in [1.82, 2.24) is 29.7 Å². The Kier molecular flexibility index (Phi) is 8.64. The lowest BCUT2D eigenvalue weighted by Crippen LogP contribution is -2.35. The number of methoxy groups -OCH3 is 2. The Morgan fingerprint density at radius 2 is 1.55 bits per heavy atom. The van der Waals surface area contributed by atoms with Crippen molar-refractivity contribution in [2.75, 3.05) is 18.9 Å². The predicted octanol–water partition coefficient (Wildman–Crippen LogP) is 4.05. The van der Waals surface area contributed by atoms with E-state index in [2.05, 4.69) is 29.9 Å². The van der Waals surface area contributed by atoms with E-state index in [1.54, 1.807) is 47.6 Å². The van der Waals surface area contributed by atoms with Gasteiger partial charge in [0, 0.05) is 30.4 Å². The molecule has 4 rings (SSSR count). The molecular formula is C27H33N7O5S. The summed E-state index contributed by atoms with van der Waals surface area (Å²) < 4.78 is 49.1. The number of pyridine rings is 1. The summed E-state index contributed by atoms with van der Waals surface area (Å²) in [6, 6.07) is 7.11. The summed E-state index contributed by atoms with van der Waals surface area (Å²) in [5.41, 5.74) is 2.77. The minimum atomic E-state index is -4.14. The molecule has 212 valence electrons. The van der Waals surface area contributed by atoms with E-state index in [4.69, 9.17) is 14.2 Å². The first-order valence-electron chi connectivity index (χ1n) is 12.6.